The van der Waals surface area contributed by atoms with Crippen molar-refractivity contribution in [1.29, 1.82) is 0 Å². The van der Waals surface area contributed by atoms with Crippen LogP contribution in [0.4, 0.5) is 0 Å². The van der Waals surface area contributed by atoms with Crippen LogP contribution < -0.4 is 10.1 Å². The topological polar surface area (TPSA) is 58.6 Å². The summed E-state index contributed by atoms with van der Waals surface area (Å²) in [6.45, 7) is 7.77. The molecular weight excluding hydrogens is 388 g/mol. The number of ether oxygens (including phenoxy) is 1. The van der Waals surface area contributed by atoms with Crippen molar-refractivity contribution >= 4 is 23.4 Å². The zero-order valence-corrected chi connectivity index (χ0v) is 18.4. The van der Waals surface area contributed by atoms with Crippen molar-refractivity contribution in [3.05, 3.63) is 64.7 Å². The highest BCUT2D eigenvalue weighted by atomic mass is 35.5. The molecule has 0 heterocycles. The Morgan fingerprint density at radius 2 is 1.83 bits per heavy atom. The maximum Gasteiger partial charge on any atom is 0.242 e. The predicted octanol–water partition coefficient (Wildman–Crippen LogP) is 4.22. The van der Waals surface area contributed by atoms with E-state index in [0.29, 0.717) is 17.3 Å². The summed E-state index contributed by atoms with van der Waals surface area (Å²) >= 11 is 6.24. The standard InChI is InChI=1S/C23H29ClN2O3/c1-16(22(28)25-23(2,3)4)26(15-17-9-8-11-19(13-17)29-5)21(27)14-18-10-6-7-12-20(18)24/h6-13,16H,14-15H2,1-5H3,(H,25,28)/t16-/m0/s1. The quantitative estimate of drug-likeness (QED) is 0.735. The minimum atomic E-state index is -0.643. The monoisotopic (exact) mass is 416 g/mol. The Balaban J connectivity index is 2.29. The lowest BCUT2D eigenvalue weighted by Gasteiger charge is -2.31. The van der Waals surface area contributed by atoms with Gasteiger partial charge in [-0.15, -0.1) is 0 Å². The molecule has 0 bridgehead atoms. The molecule has 2 amide bonds. The first kappa shape index (κ1) is 22.8. The third-order valence-electron chi connectivity index (χ3n) is 4.45. The van der Waals surface area contributed by atoms with Gasteiger partial charge in [0.1, 0.15) is 11.8 Å². The first-order valence-corrected chi connectivity index (χ1v) is 9.96. The van der Waals surface area contributed by atoms with Crippen LogP contribution in [0.1, 0.15) is 38.8 Å². The van der Waals surface area contributed by atoms with E-state index in [9.17, 15) is 9.59 Å². The molecule has 0 aliphatic rings. The number of methoxy groups -OCH3 is 1. The van der Waals surface area contributed by atoms with Crippen LogP contribution in [0.25, 0.3) is 0 Å². The van der Waals surface area contributed by atoms with E-state index in [4.69, 9.17) is 16.3 Å². The summed E-state index contributed by atoms with van der Waals surface area (Å²) in [6, 6.07) is 14.1. The number of amides is 2. The van der Waals surface area contributed by atoms with Gasteiger partial charge in [0.25, 0.3) is 0 Å². The summed E-state index contributed by atoms with van der Waals surface area (Å²) in [5.41, 5.74) is 1.23. The van der Waals surface area contributed by atoms with E-state index in [1.807, 2.05) is 63.2 Å². The van der Waals surface area contributed by atoms with Crippen LogP contribution >= 0.6 is 11.6 Å². The van der Waals surface area contributed by atoms with Gasteiger partial charge in [-0.1, -0.05) is 41.9 Å². The van der Waals surface area contributed by atoms with Crippen molar-refractivity contribution in [3.63, 3.8) is 0 Å². The van der Waals surface area contributed by atoms with Crippen LogP contribution in [0.2, 0.25) is 5.02 Å². The maximum absolute atomic E-state index is 13.2. The third kappa shape index (κ3) is 6.79. The average Bonchev–Trinajstić information content (AvgIpc) is 2.66. The second-order valence-electron chi connectivity index (χ2n) is 8.06. The van der Waals surface area contributed by atoms with Gasteiger partial charge < -0.3 is 15.0 Å². The highest BCUT2D eigenvalue weighted by molar-refractivity contribution is 6.31. The SMILES string of the molecule is COc1cccc(CN(C(=O)Cc2ccccc2Cl)[C@@H](C)C(=O)NC(C)(C)C)c1. The number of halogens is 1. The number of nitrogens with one attached hydrogen (secondary N) is 1. The summed E-state index contributed by atoms with van der Waals surface area (Å²) in [6.07, 6.45) is 0.122. The van der Waals surface area contributed by atoms with Crippen molar-refractivity contribution in [2.75, 3.05) is 7.11 Å². The van der Waals surface area contributed by atoms with E-state index in [1.165, 1.54) is 0 Å². The number of nitrogens with zero attached hydrogens (tertiary/aromatic N) is 1. The molecule has 2 aromatic rings. The van der Waals surface area contributed by atoms with E-state index < -0.39 is 11.6 Å². The number of hydrogen-bond acceptors (Lipinski definition) is 3. The van der Waals surface area contributed by atoms with Gasteiger partial charge in [0.2, 0.25) is 11.8 Å². The van der Waals surface area contributed by atoms with Crippen LogP contribution in [-0.2, 0) is 22.6 Å². The summed E-state index contributed by atoms with van der Waals surface area (Å²) in [5.74, 6) is 0.332. The van der Waals surface area contributed by atoms with Crippen LogP contribution in [0.5, 0.6) is 5.75 Å². The fourth-order valence-corrected chi connectivity index (χ4v) is 3.13. The molecule has 0 radical (unpaired) electrons. The highest BCUT2D eigenvalue weighted by Gasteiger charge is 2.28. The first-order chi connectivity index (χ1) is 13.6. The molecule has 5 nitrogen and oxygen atoms in total. The van der Waals surface area contributed by atoms with Crippen LogP contribution in [0.3, 0.4) is 0 Å². The second-order valence-corrected chi connectivity index (χ2v) is 8.46. The Kier molecular flexibility index (Phi) is 7.68. The lowest BCUT2D eigenvalue weighted by molar-refractivity contribution is -0.140. The summed E-state index contributed by atoms with van der Waals surface area (Å²) in [5, 5.41) is 3.49. The van der Waals surface area contributed by atoms with Gasteiger partial charge in [-0.2, -0.15) is 0 Å². The van der Waals surface area contributed by atoms with Crippen LogP contribution in [-0.4, -0.2) is 35.4 Å². The zero-order chi connectivity index (χ0) is 21.6. The Labute approximate surface area is 178 Å². The van der Waals surface area contributed by atoms with E-state index in [-0.39, 0.29) is 18.2 Å². The predicted molar refractivity (Wildman–Crippen MR) is 116 cm³/mol. The van der Waals surface area contributed by atoms with E-state index in [0.717, 1.165) is 11.1 Å². The van der Waals surface area contributed by atoms with Crippen molar-refractivity contribution in [2.24, 2.45) is 0 Å². The first-order valence-electron chi connectivity index (χ1n) is 9.58. The molecule has 0 aromatic heterocycles. The molecule has 2 rings (SSSR count). The number of benzene rings is 2. The minimum Gasteiger partial charge on any atom is -0.497 e. The van der Waals surface area contributed by atoms with Gasteiger partial charge in [0.15, 0.2) is 0 Å². The molecule has 0 saturated carbocycles. The van der Waals surface area contributed by atoms with Crippen LogP contribution in [0, 0.1) is 0 Å². The molecule has 1 atom stereocenters. The van der Waals surface area contributed by atoms with Gasteiger partial charge in [0.05, 0.1) is 13.5 Å². The minimum absolute atomic E-state index is 0.122. The summed E-state index contributed by atoms with van der Waals surface area (Å²) in [7, 11) is 1.60. The van der Waals surface area contributed by atoms with E-state index in [1.54, 1.807) is 25.0 Å². The van der Waals surface area contributed by atoms with Crippen molar-refractivity contribution in [2.45, 2.75) is 52.2 Å². The zero-order valence-electron chi connectivity index (χ0n) is 17.7. The maximum atomic E-state index is 13.2. The molecule has 0 spiro atoms. The lowest BCUT2D eigenvalue weighted by atomic mass is 10.1. The van der Waals surface area contributed by atoms with Crippen molar-refractivity contribution in [3.8, 4) is 5.75 Å². The van der Waals surface area contributed by atoms with Gasteiger partial charge in [-0.3, -0.25) is 9.59 Å². The van der Waals surface area contributed by atoms with Gasteiger partial charge in [-0.05, 0) is 57.0 Å². The highest BCUT2D eigenvalue weighted by Crippen LogP contribution is 2.20. The normalized spacial score (nSPS) is 12.2. The second kappa shape index (κ2) is 9.79. The number of carbonyl (C=O) groups excluding carboxylic acids is 2. The Hall–Kier alpha value is -2.53. The fraction of sp³-hybridized carbons (Fsp3) is 0.391. The van der Waals surface area contributed by atoms with Crippen molar-refractivity contribution in [1.82, 2.24) is 10.2 Å². The molecule has 6 heteroatoms. The van der Waals surface area contributed by atoms with Crippen molar-refractivity contribution < 1.29 is 14.3 Å². The number of rotatable bonds is 7. The molecule has 156 valence electrons. The Bertz CT molecular complexity index is 861. The molecular formula is C23H29ClN2O3. The summed E-state index contributed by atoms with van der Waals surface area (Å²) < 4.78 is 5.28. The number of hydrogen-bond donors (Lipinski definition) is 1. The summed E-state index contributed by atoms with van der Waals surface area (Å²) in [4.78, 5) is 27.6. The van der Waals surface area contributed by atoms with Gasteiger partial charge in [0, 0.05) is 17.1 Å². The molecule has 29 heavy (non-hydrogen) atoms. The largest absolute Gasteiger partial charge is 0.497 e. The molecule has 1 N–H and O–H groups in total. The molecule has 0 unspecified atom stereocenters. The Morgan fingerprint density at radius 1 is 1.14 bits per heavy atom. The third-order valence-corrected chi connectivity index (χ3v) is 4.82. The lowest BCUT2D eigenvalue weighted by Crippen LogP contribution is -2.52. The molecule has 0 aliphatic carbocycles. The number of carbonyl (C=O) groups is 2. The van der Waals surface area contributed by atoms with Gasteiger partial charge in [-0.25, -0.2) is 0 Å². The average molecular weight is 417 g/mol. The molecule has 0 fully saturated rings. The Morgan fingerprint density at radius 3 is 2.45 bits per heavy atom. The smallest absolute Gasteiger partial charge is 0.242 e. The van der Waals surface area contributed by atoms with Crippen LogP contribution in [0.15, 0.2) is 48.5 Å². The molecule has 2 aromatic carbocycles. The van der Waals surface area contributed by atoms with E-state index >= 15 is 0 Å². The fourth-order valence-electron chi connectivity index (χ4n) is 2.93. The van der Waals surface area contributed by atoms with E-state index in [2.05, 4.69) is 5.32 Å². The molecule has 0 saturated heterocycles. The molecule has 0 aliphatic heterocycles. The van der Waals surface area contributed by atoms with Gasteiger partial charge >= 0.3 is 0 Å².